The molecular formula is C25H26Cl2N6O3. The van der Waals surface area contributed by atoms with E-state index in [1.165, 1.54) is 18.3 Å². The molecule has 0 aliphatic carbocycles. The van der Waals surface area contributed by atoms with Crippen LogP contribution in [-0.4, -0.2) is 52.7 Å². The van der Waals surface area contributed by atoms with Crippen LogP contribution < -0.4 is 21.7 Å². The molecule has 0 radical (unpaired) electrons. The molecule has 1 aliphatic rings. The minimum atomic E-state index is -0.908. The molecule has 2 amide bonds. The average Bonchev–Trinajstić information content (AvgIpc) is 3.28. The first-order chi connectivity index (χ1) is 17.3. The van der Waals surface area contributed by atoms with Gasteiger partial charge in [-0.15, -0.1) is 0 Å². The Morgan fingerprint density at radius 2 is 1.69 bits per heavy atom. The van der Waals surface area contributed by atoms with Crippen LogP contribution in [0.25, 0.3) is 0 Å². The van der Waals surface area contributed by atoms with Gasteiger partial charge in [-0.3, -0.25) is 14.4 Å². The number of carbonyl (C=O) groups is 3. The summed E-state index contributed by atoms with van der Waals surface area (Å²) in [6.07, 6.45) is 3.08. The highest BCUT2D eigenvalue weighted by atomic mass is 35.5. The van der Waals surface area contributed by atoms with Crippen molar-refractivity contribution in [3.05, 3.63) is 81.6 Å². The van der Waals surface area contributed by atoms with E-state index in [-0.39, 0.29) is 39.5 Å². The zero-order chi connectivity index (χ0) is 25.7. The first-order valence-electron chi connectivity index (χ1n) is 11.5. The van der Waals surface area contributed by atoms with Crippen LogP contribution in [0.3, 0.4) is 0 Å². The van der Waals surface area contributed by atoms with Gasteiger partial charge >= 0.3 is 0 Å². The van der Waals surface area contributed by atoms with Gasteiger partial charge in [-0.05, 0) is 50.0 Å². The number of rotatable bonds is 7. The third-order valence-electron chi connectivity index (χ3n) is 5.88. The highest BCUT2D eigenvalue weighted by molar-refractivity contribution is 6.40. The number of benzene rings is 2. The molecule has 2 aromatic carbocycles. The zero-order valence-corrected chi connectivity index (χ0v) is 20.9. The summed E-state index contributed by atoms with van der Waals surface area (Å²) in [6, 6.07) is 13.0. The number of nitrogens with two attached hydrogens (primary N) is 1. The topological polar surface area (TPSA) is 131 Å². The maximum absolute atomic E-state index is 13.1. The molecule has 5 N–H and O–H groups in total. The molecule has 0 bridgehead atoms. The van der Waals surface area contributed by atoms with E-state index in [9.17, 15) is 14.4 Å². The number of nitrogens with zero attached hydrogens (tertiary/aromatic N) is 2. The highest BCUT2D eigenvalue weighted by Gasteiger charge is 2.27. The minimum absolute atomic E-state index is 0.0441. The fourth-order valence-electron chi connectivity index (χ4n) is 3.99. The van der Waals surface area contributed by atoms with Crippen LogP contribution in [-0.2, 0) is 6.42 Å². The molecule has 1 atom stereocenters. The normalized spacial score (nSPS) is 14.8. The van der Waals surface area contributed by atoms with Crippen LogP contribution in [0.2, 0.25) is 10.0 Å². The lowest BCUT2D eigenvalue weighted by Gasteiger charge is -2.23. The van der Waals surface area contributed by atoms with Gasteiger partial charge in [-0.2, -0.15) is 5.10 Å². The number of halogens is 2. The number of carbonyl (C=O) groups excluding carboxylic acids is 3. The highest BCUT2D eigenvalue weighted by Crippen LogP contribution is 2.26. The summed E-state index contributed by atoms with van der Waals surface area (Å²) in [7, 11) is 0. The lowest BCUT2D eigenvalue weighted by molar-refractivity contribution is 0.0860. The molecule has 1 unspecified atom stereocenters. The molecule has 36 heavy (non-hydrogen) atoms. The Morgan fingerprint density at radius 3 is 2.36 bits per heavy atom. The van der Waals surface area contributed by atoms with Gasteiger partial charge < -0.3 is 21.7 Å². The standard InChI is InChI=1S/C25H26Cl2N6O3/c26-17-7-4-8-18(27)21(17)23(34)31-20-14-33(25(36)19(28)13-15-5-2-1-3-6-15)32-22(20)24(35)30-16-9-11-29-12-10-16/h1-8,14,16,19,29H,9-13,28H2,(H,30,35)(H,31,34). The third kappa shape index (κ3) is 6.11. The van der Waals surface area contributed by atoms with E-state index >= 15 is 0 Å². The summed E-state index contributed by atoms with van der Waals surface area (Å²) in [5, 5.41) is 13.3. The van der Waals surface area contributed by atoms with E-state index in [2.05, 4.69) is 21.0 Å². The molecule has 4 rings (SSSR count). The number of nitrogens with one attached hydrogen (secondary N) is 3. The van der Waals surface area contributed by atoms with E-state index < -0.39 is 23.8 Å². The van der Waals surface area contributed by atoms with Crippen molar-refractivity contribution >= 4 is 46.6 Å². The van der Waals surface area contributed by atoms with Crippen molar-refractivity contribution in [3.63, 3.8) is 0 Å². The van der Waals surface area contributed by atoms with Gasteiger partial charge in [-0.25, -0.2) is 4.68 Å². The summed E-state index contributed by atoms with van der Waals surface area (Å²) in [5.74, 6) is -1.67. The smallest absolute Gasteiger partial charge is 0.274 e. The number of anilines is 1. The van der Waals surface area contributed by atoms with Crippen LogP contribution in [0, 0.1) is 0 Å². The molecule has 1 aromatic heterocycles. The Bertz CT molecular complexity index is 1240. The van der Waals surface area contributed by atoms with E-state index in [0.717, 1.165) is 36.2 Å². The van der Waals surface area contributed by atoms with Gasteiger partial charge in [0, 0.05) is 6.04 Å². The van der Waals surface area contributed by atoms with Crippen molar-refractivity contribution < 1.29 is 14.4 Å². The number of hydrogen-bond donors (Lipinski definition) is 4. The Hall–Kier alpha value is -3.24. The average molecular weight is 529 g/mol. The number of amides is 2. The third-order valence-corrected chi connectivity index (χ3v) is 6.51. The zero-order valence-electron chi connectivity index (χ0n) is 19.3. The first-order valence-corrected chi connectivity index (χ1v) is 12.3. The Morgan fingerprint density at radius 1 is 1.03 bits per heavy atom. The van der Waals surface area contributed by atoms with Gasteiger partial charge in [0.1, 0.15) is 0 Å². The van der Waals surface area contributed by atoms with Gasteiger partial charge in [0.2, 0.25) is 0 Å². The summed E-state index contributed by atoms with van der Waals surface area (Å²) in [6.45, 7) is 1.56. The second-order valence-corrected chi connectivity index (χ2v) is 9.33. The van der Waals surface area contributed by atoms with Gasteiger partial charge in [0.05, 0.1) is 33.5 Å². The molecule has 3 aromatic rings. The largest absolute Gasteiger partial charge is 0.348 e. The molecule has 2 heterocycles. The molecule has 0 saturated carbocycles. The molecule has 188 valence electrons. The van der Waals surface area contributed by atoms with E-state index in [0.29, 0.717) is 0 Å². The van der Waals surface area contributed by atoms with Crippen LogP contribution >= 0.6 is 23.2 Å². The van der Waals surface area contributed by atoms with E-state index in [1.54, 1.807) is 6.07 Å². The first kappa shape index (κ1) is 25.8. The van der Waals surface area contributed by atoms with Crippen LogP contribution in [0.5, 0.6) is 0 Å². The summed E-state index contributed by atoms with van der Waals surface area (Å²) < 4.78 is 0.995. The number of hydrogen-bond acceptors (Lipinski definition) is 6. The summed E-state index contributed by atoms with van der Waals surface area (Å²) in [5.41, 5.74) is 7.03. The molecule has 9 nitrogen and oxygen atoms in total. The van der Waals surface area contributed by atoms with Crippen molar-refractivity contribution in [2.45, 2.75) is 31.3 Å². The van der Waals surface area contributed by atoms with Gasteiger partial charge in [-0.1, -0.05) is 59.6 Å². The summed E-state index contributed by atoms with van der Waals surface area (Å²) >= 11 is 12.3. The second-order valence-electron chi connectivity index (χ2n) is 8.52. The quantitative estimate of drug-likeness (QED) is 0.372. The van der Waals surface area contributed by atoms with Gasteiger partial charge in [0.25, 0.3) is 17.7 Å². The van der Waals surface area contributed by atoms with Crippen molar-refractivity contribution in [1.29, 1.82) is 0 Å². The SMILES string of the molecule is NC(Cc1ccccc1)C(=O)n1cc(NC(=O)c2c(Cl)cccc2Cl)c(C(=O)NC2CCNCC2)n1. The Balaban J connectivity index is 1.60. The predicted octanol–water partition coefficient (Wildman–Crippen LogP) is 3.13. The maximum Gasteiger partial charge on any atom is 0.274 e. The lowest BCUT2D eigenvalue weighted by atomic mass is 10.1. The van der Waals surface area contributed by atoms with Crippen molar-refractivity contribution in [3.8, 4) is 0 Å². The second kappa shape index (κ2) is 11.7. The molecule has 0 spiro atoms. The fourth-order valence-corrected chi connectivity index (χ4v) is 4.56. The van der Waals surface area contributed by atoms with Crippen LogP contribution in [0.1, 0.15) is 44.0 Å². The van der Waals surface area contributed by atoms with Crippen molar-refractivity contribution in [1.82, 2.24) is 20.4 Å². The minimum Gasteiger partial charge on any atom is -0.348 e. The monoisotopic (exact) mass is 528 g/mol. The van der Waals surface area contributed by atoms with E-state index in [1.807, 2.05) is 30.3 Å². The van der Waals surface area contributed by atoms with Crippen LogP contribution in [0.4, 0.5) is 5.69 Å². The number of aromatic nitrogens is 2. The molecule has 11 heteroatoms. The number of piperidine rings is 1. The molecule has 1 saturated heterocycles. The maximum atomic E-state index is 13.1. The van der Waals surface area contributed by atoms with Crippen molar-refractivity contribution in [2.75, 3.05) is 18.4 Å². The lowest BCUT2D eigenvalue weighted by Crippen LogP contribution is -2.43. The fraction of sp³-hybridized carbons (Fsp3) is 0.280. The molecule has 1 fully saturated rings. The summed E-state index contributed by atoms with van der Waals surface area (Å²) in [4.78, 5) is 39.2. The van der Waals surface area contributed by atoms with Crippen molar-refractivity contribution in [2.24, 2.45) is 5.73 Å². The molecule has 1 aliphatic heterocycles. The van der Waals surface area contributed by atoms with Crippen LogP contribution in [0.15, 0.2) is 54.7 Å². The van der Waals surface area contributed by atoms with E-state index in [4.69, 9.17) is 28.9 Å². The Labute approximate surface area is 218 Å². The molecular weight excluding hydrogens is 503 g/mol. The van der Waals surface area contributed by atoms with Gasteiger partial charge in [0.15, 0.2) is 5.69 Å². The predicted molar refractivity (Wildman–Crippen MR) is 139 cm³/mol. The Kier molecular flexibility index (Phi) is 8.37.